The molecule has 3 aromatic rings. The number of carbonyl (C=O) groups is 1. The van der Waals surface area contributed by atoms with Crippen molar-refractivity contribution in [2.45, 2.75) is 59.4 Å². The predicted molar refractivity (Wildman–Crippen MR) is 113 cm³/mol. The van der Waals surface area contributed by atoms with Crippen LogP contribution in [0.3, 0.4) is 0 Å². The first-order chi connectivity index (χ1) is 14.2. The van der Waals surface area contributed by atoms with Crippen molar-refractivity contribution in [2.24, 2.45) is 5.41 Å². The summed E-state index contributed by atoms with van der Waals surface area (Å²) in [5.41, 5.74) is 4.03. The van der Waals surface area contributed by atoms with Gasteiger partial charge >= 0.3 is 0 Å². The molecule has 3 aromatic heterocycles. The highest BCUT2D eigenvalue weighted by molar-refractivity contribution is 5.96. The second-order valence-electron chi connectivity index (χ2n) is 9.06. The third-order valence-electron chi connectivity index (χ3n) is 5.57. The smallest absolute Gasteiger partial charge is 0.257 e. The van der Waals surface area contributed by atoms with Crippen LogP contribution in [0.15, 0.2) is 35.2 Å². The second kappa shape index (κ2) is 7.63. The number of aryl methyl sites for hydroxylation is 1. The van der Waals surface area contributed by atoms with Gasteiger partial charge in [0.05, 0.1) is 17.4 Å². The third-order valence-corrected chi connectivity index (χ3v) is 5.57. The van der Waals surface area contributed by atoms with Crippen molar-refractivity contribution in [3.63, 3.8) is 0 Å². The van der Waals surface area contributed by atoms with E-state index >= 15 is 0 Å². The second-order valence-corrected chi connectivity index (χ2v) is 9.06. The Hall–Kier alpha value is -3.09. The first-order valence-corrected chi connectivity index (χ1v) is 10.3. The quantitative estimate of drug-likeness (QED) is 0.691. The van der Waals surface area contributed by atoms with Crippen molar-refractivity contribution in [3.05, 3.63) is 59.0 Å². The Balaban J connectivity index is 1.67. The number of nitrogens with zero attached hydrogens (tertiary/aromatic N) is 4. The number of hydrogen-bond acceptors (Lipinski definition) is 6. The zero-order valence-corrected chi connectivity index (χ0v) is 18.1. The molecule has 7 heteroatoms. The zero-order valence-electron chi connectivity index (χ0n) is 18.1. The fourth-order valence-corrected chi connectivity index (χ4v) is 4.10. The van der Waals surface area contributed by atoms with Crippen LogP contribution in [0.2, 0.25) is 0 Å². The summed E-state index contributed by atoms with van der Waals surface area (Å²) in [4.78, 5) is 26.7. The Morgan fingerprint density at radius 1 is 1.30 bits per heavy atom. The molecule has 1 N–H and O–H groups in total. The van der Waals surface area contributed by atoms with E-state index in [9.17, 15) is 4.79 Å². The van der Waals surface area contributed by atoms with Crippen molar-refractivity contribution >= 4 is 5.91 Å². The predicted octanol–water partition coefficient (Wildman–Crippen LogP) is 4.40. The van der Waals surface area contributed by atoms with Gasteiger partial charge in [0, 0.05) is 29.7 Å². The summed E-state index contributed by atoms with van der Waals surface area (Å²) in [5.74, 6) is 1.13. The monoisotopic (exact) mass is 405 g/mol. The van der Waals surface area contributed by atoms with E-state index in [0.29, 0.717) is 22.8 Å². The molecule has 1 aliphatic carbocycles. The minimum atomic E-state index is -0.173. The Morgan fingerprint density at radius 3 is 2.80 bits per heavy atom. The number of hydrogen-bond donors (Lipinski definition) is 1. The van der Waals surface area contributed by atoms with E-state index in [1.165, 1.54) is 0 Å². The number of fused-ring (bicyclic) bond motifs is 1. The van der Waals surface area contributed by atoms with Gasteiger partial charge in [-0.25, -0.2) is 9.97 Å². The molecule has 0 saturated heterocycles. The molecule has 1 aliphatic rings. The van der Waals surface area contributed by atoms with Crippen LogP contribution in [0.4, 0.5) is 0 Å². The van der Waals surface area contributed by atoms with Crippen LogP contribution < -0.4 is 5.32 Å². The van der Waals surface area contributed by atoms with Crippen molar-refractivity contribution in [3.8, 4) is 11.4 Å². The molecule has 0 spiro atoms. The summed E-state index contributed by atoms with van der Waals surface area (Å²) in [6.07, 6.45) is 6.97. The Labute approximate surface area is 176 Å². The Bertz CT molecular complexity index is 1070. The lowest BCUT2D eigenvalue weighted by Crippen LogP contribution is -2.37. The lowest BCUT2D eigenvalue weighted by molar-refractivity contribution is 0.0916. The fourth-order valence-electron chi connectivity index (χ4n) is 4.10. The number of carbonyl (C=O) groups excluding carboxylic acids is 1. The molecule has 0 radical (unpaired) electrons. The molecule has 0 aromatic carbocycles. The highest BCUT2D eigenvalue weighted by Crippen LogP contribution is 2.40. The molecule has 156 valence electrons. The summed E-state index contributed by atoms with van der Waals surface area (Å²) in [7, 11) is 0. The van der Waals surface area contributed by atoms with Crippen molar-refractivity contribution < 1.29 is 9.32 Å². The van der Waals surface area contributed by atoms with Crippen LogP contribution in [0.1, 0.15) is 79.1 Å². The van der Waals surface area contributed by atoms with E-state index < -0.39 is 0 Å². The van der Waals surface area contributed by atoms with Gasteiger partial charge in [0.15, 0.2) is 5.82 Å². The molecule has 30 heavy (non-hydrogen) atoms. The first-order valence-electron chi connectivity index (χ1n) is 10.3. The van der Waals surface area contributed by atoms with Gasteiger partial charge in [0.2, 0.25) is 0 Å². The zero-order chi connectivity index (χ0) is 21.5. The van der Waals surface area contributed by atoms with Gasteiger partial charge in [-0.05, 0) is 43.2 Å². The lowest BCUT2D eigenvalue weighted by Gasteiger charge is -2.36. The number of aromatic nitrogens is 4. The molecule has 4 rings (SSSR count). The van der Waals surface area contributed by atoms with E-state index in [1.54, 1.807) is 19.3 Å². The third kappa shape index (κ3) is 3.84. The van der Waals surface area contributed by atoms with Gasteiger partial charge in [-0.3, -0.25) is 9.78 Å². The standard InChI is InChI=1S/C23H27N5O2/c1-13(2)20-19(14(3)30-28-20)22(29)27-18-10-23(4,5)9-17-16(18)12-25-21(26-17)15-7-6-8-24-11-15/h6-8,11-13,18H,9-10H2,1-5H3,(H,27,29). The maximum absolute atomic E-state index is 13.2. The van der Waals surface area contributed by atoms with E-state index in [1.807, 2.05) is 32.2 Å². The van der Waals surface area contributed by atoms with Crippen LogP contribution in [-0.2, 0) is 6.42 Å². The molecule has 1 amide bonds. The highest BCUT2D eigenvalue weighted by atomic mass is 16.5. The average Bonchev–Trinajstić information content (AvgIpc) is 3.09. The fraction of sp³-hybridized carbons (Fsp3) is 0.435. The molecular formula is C23H27N5O2. The molecule has 7 nitrogen and oxygen atoms in total. The van der Waals surface area contributed by atoms with Crippen molar-refractivity contribution in [2.75, 3.05) is 0 Å². The summed E-state index contributed by atoms with van der Waals surface area (Å²) in [6.45, 7) is 10.2. The van der Waals surface area contributed by atoms with Gasteiger partial charge in [-0.15, -0.1) is 0 Å². The normalized spacial score (nSPS) is 17.6. The number of pyridine rings is 1. The van der Waals surface area contributed by atoms with Crippen molar-refractivity contribution in [1.82, 2.24) is 25.4 Å². The van der Waals surface area contributed by atoms with Crippen LogP contribution in [0, 0.1) is 12.3 Å². The average molecular weight is 406 g/mol. The lowest BCUT2D eigenvalue weighted by atomic mass is 9.74. The molecule has 1 unspecified atom stereocenters. The SMILES string of the molecule is Cc1onc(C(C)C)c1C(=O)NC1CC(C)(C)Cc2nc(-c3cccnc3)ncc21. The topological polar surface area (TPSA) is 93.8 Å². The molecule has 0 fully saturated rings. The summed E-state index contributed by atoms with van der Waals surface area (Å²) < 4.78 is 5.30. The van der Waals surface area contributed by atoms with Gasteiger partial charge < -0.3 is 9.84 Å². The molecule has 0 bridgehead atoms. The van der Waals surface area contributed by atoms with Gasteiger partial charge in [-0.2, -0.15) is 0 Å². The minimum Gasteiger partial charge on any atom is -0.361 e. The van der Waals surface area contributed by atoms with Gasteiger partial charge in [0.1, 0.15) is 11.3 Å². The molecule has 3 heterocycles. The number of nitrogens with one attached hydrogen (secondary N) is 1. The maximum Gasteiger partial charge on any atom is 0.257 e. The van der Waals surface area contributed by atoms with Gasteiger partial charge in [-0.1, -0.05) is 32.9 Å². The summed E-state index contributed by atoms with van der Waals surface area (Å²) in [5, 5.41) is 7.28. The molecule has 0 saturated carbocycles. The Kier molecular flexibility index (Phi) is 5.13. The van der Waals surface area contributed by atoms with Crippen LogP contribution in [0.5, 0.6) is 0 Å². The van der Waals surface area contributed by atoms with E-state index in [4.69, 9.17) is 9.51 Å². The minimum absolute atomic E-state index is 0.00389. The Morgan fingerprint density at radius 2 is 2.10 bits per heavy atom. The van der Waals surface area contributed by atoms with Crippen LogP contribution in [0.25, 0.3) is 11.4 Å². The van der Waals surface area contributed by atoms with Crippen molar-refractivity contribution in [1.29, 1.82) is 0 Å². The number of rotatable bonds is 4. The van der Waals surface area contributed by atoms with E-state index in [0.717, 1.165) is 29.7 Å². The summed E-state index contributed by atoms with van der Waals surface area (Å²) in [6, 6.07) is 3.65. The largest absolute Gasteiger partial charge is 0.361 e. The molecular weight excluding hydrogens is 378 g/mol. The first kappa shape index (κ1) is 20.2. The molecule has 0 aliphatic heterocycles. The number of amides is 1. The van der Waals surface area contributed by atoms with E-state index in [2.05, 4.69) is 34.3 Å². The highest BCUT2D eigenvalue weighted by Gasteiger charge is 2.35. The van der Waals surface area contributed by atoms with E-state index in [-0.39, 0.29) is 23.3 Å². The van der Waals surface area contributed by atoms with Crippen LogP contribution >= 0.6 is 0 Å². The summed E-state index contributed by atoms with van der Waals surface area (Å²) >= 11 is 0. The maximum atomic E-state index is 13.2. The molecule has 1 atom stereocenters. The van der Waals surface area contributed by atoms with Crippen LogP contribution in [-0.4, -0.2) is 26.0 Å². The van der Waals surface area contributed by atoms with Gasteiger partial charge in [0.25, 0.3) is 5.91 Å².